The largest absolute Gasteiger partial charge is 0.395 e. The van der Waals surface area contributed by atoms with Crippen LogP contribution in [0.1, 0.15) is 37.8 Å². The van der Waals surface area contributed by atoms with Crippen molar-refractivity contribution in [2.75, 3.05) is 6.61 Å². The summed E-state index contributed by atoms with van der Waals surface area (Å²) in [5.41, 5.74) is 2.40. The first-order valence-electron chi connectivity index (χ1n) is 7.19. The molecule has 112 valence electrons. The number of hydrogen-bond donors (Lipinski definition) is 2. The maximum absolute atomic E-state index is 12.4. The first kappa shape index (κ1) is 15.5. The normalized spacial score (nSPS) is 17.0. The third kappa shape index (κ3) is 3.40. The van der Waals surface area contributed by atoms with Crippen LogP contribution >= 0.6 is 0 Å². The van der Waals surface area contributed by atoms with Gasteiger partial charge in [0.05, 0.1) is 11.5 Å². The Morgan fingerprint density at radius 2 is 1.85 bits per heavy atom. The number of sulfonamides is 1. The minimum Gasteiger partial charge on any atom is -0.395 e. The molecule has 0 aromatic heterocycles. The van der Waals surface area contributed by atoms with Crippen LogP contribution in [0.4, 0.5) is 0 Å². The van der Waals surface area contributed by atoms with Gasteiger partial charge in [-0.25, -0.2) is 13.1 Å². The molecule has 0 bridgehead atoms. The highest BCUT2D eigenvalue weighted by Crippen LogP contribution is 2.24. The molecule has 2 N–H and O–H groups in total. The van der Waals surface area contributed by atoms with E-state index in [-0.39, 0.29) is 12.5 Å². The molecule has 1 aliphatic rings. The van der Waals surface area contributed by atoms with Crippen molar-refractivity contribution >= 4 is 10.0 Å². The van der Waals surface area contributed by atoms with E-state index in [1.165, 1.54) is 12.0 Å². The van der Waals surface area contributed by atoms with Crippen LogP contribution in [-0.2, 0) is 22.9 Å². The van der Waals surface area contributed by atoms with Crippen molar-refractivity contribution in [3.8, 4) is 0 Å². The van der Waals surface area contributed by atoms with Crippen molar-refractivity contribution in [3.05, 3.63) is 29.3 Å². The van der Waals surface area contributed by atoms with E-state index in [2.05, 4.69) is 4.72 Å². The fraction of sp³-hybridized carbons (Fsp3) is 0.600. The highest BCUT2D eigenvalue weighted by Gasteiger charge is 2.23. The molecule has 0 amide bonds. The van der Waals surface area contributed by atoms with Crippen molar-refractivity contribution in [2.24, 2.45) is 5.92 Å². The maximum atomic E-state index is 12.4. The zero-order valence-electron chi connectivity index (χ0n) is 12.1. The van der Waals surface area contributed by atoms with Crippen LogP contribution in [0.3, 0.4) is 0 Å². The Bertz CT molecular complexity index is 566. The van der Waals surface area contributed by atoms with Gasteiger partial charge in [0.1, 0.15) is 0 Å². The van der Waals surface area contributed by atoms with Crippen molar-refractivity contribution in [1.82, 2.24) is 4.72 Å². The SMILES string of the molecule is CC(C)[C@@H](CO)NS(=O)(=O)c1ccc2c(c1)CCCC2. The van der Waals surface area contributed by atoms with Gasteiger partial charge in [-0.05, 0) is 54.9 Å². The van der Waals surface area contributed by atoms with Crippen LogP contribution < -0.4 is 4.72 Å². The molecule has 0 heterocycles. The molecule has 0 saturated heterocycles. The lowest BCUT2D eigenvalue weighted by atomic mass is 9.92. The summed E-state index contributed by atoms with van der Waals surface area (Å²) in [7, 11) is -3.56. The van der Waals surface area contributed by atoms with Gasteiger partial charge in [0, 0.05) is 6.04 Å². The Morgan fingerprint density at radius 3 is 2.45 bits per heavy atom. The van der Waals surface area contributed by atoms with E-state index >= 15 is 0 Å². The molecule has 5 heteroatoms. The lowest BCUT2D eigenvalue weighted by molar-refractivity contribution is 0.227. The molecular formula is C15H23NO3S. The zero-order chi connectivity index (χ0) is 14.8. The Balaban J connectivity index is 2.25. The number of aliphatic hydroxyl groups is 1. The van der Waals surface area contributed by atoms with Crippen LogP contribution in [0, 0.1) is 5.92 Å². The summed E-state index contributed by atoms with van der Waals surface area (Å²) in [6, 6.07) is 4.93. The first-order chi connectivity index (χ1) is 9.44. The molecule has 0 fully saturated rings. The van der Waals surface area contributed by atoms with Gasteiger partial charge >= 0.3 is 0 Å². The smallest absolute Gasteiger partial charge is 0.240 e. The Kier molecular flexibility index (Phi) is 4.83. The summed E-state index contributed by atoms with van der Waals surface area (Å²) in [4.78, 5) is 0.303. The van der Waals surface area contributed by atoms with Gasteiger partial charge in [0.25, 0.3) is 0 Å². The number of rotatable bonds is 5. The molecule has 1 aromatic carbocycles. The van der Waals surface area contributed by atoms with Gasteiger partial charge in [-0.15, -0.1) is 0 Å². The van der Waals surface area contributed by atoms with Gasteiger partial charge < -0.3 is 5.11 Å². The third-order valence-corrected chi connectivity index (χ3v) is 5.43. The van der Waals surface area contributed by atoms with E-state index in [1.807, 2.05) is 19.9 Å². The zero-order valence-corrected chi connectivity index (χ0v) is 12.9. The van der Waals surface area contributed by atoms with Gasteiger partial charge in [-0.3, -0.25) is 0 Å². The van der Waals surface area contributed by atoms with Crippen molar-refractivity contribution < 1.29 is 13.5 Å². The van der Waals surface area contributed by atoms with E-state index in [9.17, 15) is 13.5 Å². The van der Waals surface area contributed by atoms with Crippen molar-refractivity contribution in [3.63, 3.8) is 0 Å². The van der Waals surface area contributed by atoms with Crippen LogP contribution in [0.5, 0.6) is 0 Å². The Morgan fingerprint density at radius 1 is 1.20 bits per heavy atom. The number of fused-ring (bicyclic) bond motifs is 1. The van der Waals surface area contributed by atoms with E-state index in [0.29, 0.717) is 4.90 Å². The molecule has 20 heavy (non-hydrogen) atoms. The standard InChI is InChI=1S/C15H23NO3S/c1-11(2)15(10-17)16-20(18,19)14-8-7-12-5-3-4-6-13(12)9-14/h7-9,11,15-17H,3-6,10H2,1-2H3/t15-/m1/s1. The minimum absolute atomic E-state index is 0.0485. The highest BCUT2D eigenvalue weighted by atomic mass is 32.2. The number of benzene rings is 1. The molecule has 1 atom stereocenters. The van der Waals surface area contributed by atoms with Crippen LogP contribution in [0.25, 0.3) is 0 Å². The topological polar surface area (TPSA) is 66.4 Å². The predicted molar refractivity (Wildman–Crippen MR) is 79.1 cm³/mol. The fourth-order valence-corrected chi connectivity index (χ4v) is 3.95. The molecule has 0 saturated carbocycles. The summed E-state index contributed by atoms with van der Waals surface area (Å²) in [5, 5.41) is 9.27. The van der Waals surface area contributed by atoms with E-state index in [1.54, 1.807) is 12.1 Å². The molecule has 1 aliphatic carbocycles. The van der Waals surface area contributed by atoms with Crippen LogP contribution in [-0.4, -0.2) is 26.2 Å². The number of hydrogen-bond acceptors (Lipinski definition) is 3. The average Bonchev–Trinajstić information content (AvgIpc) is 2.44. The number of nitrogens with one attached hydrogen (secondary N) is 1. The molecule has 0 aliphatic heterocycles. The molecule has 0 unspecified atom stereocenters. The second-order valence-electron chi connectivity index (χ2n) is 5.79. The minimum atomic E-state index is -3.56. The van der Waals surface area contributed by atoms with E-state index < -0.39 is 16.1 Å². The lowest BCUT2D eigenvalue weighted by Crippen LogP contribution is -2.41. The molecular weight excluding hydrogens is 274 g/mol. The summed E-state index contributed by atoms with van der Waals surface area (Å²) in [5.74, 6) is 0.0485. The summed E-state index contributed by atoms with van der Waals surface area (Å²) >= 11 is 0. The van der Waals surface area contributed by atoms with Crippen molar-refractivity contribution in [1.29, 1.82) is 0 Å². The van der Waals surface area contributed by atoms with Gasteiger partial charge in [0.15, 0.2) is 0 Å². The number of aryl methyl sites for hydroxylation is 2. The molecule has 0 radical (unpaired) electrons. The fourth-order valence-electron chi connectivity index (χ4n) is 2.53. The quantitative estimate of drug-likeness (QED) is 0.872. The van der Waals surface area contributed by atoms with Crippen LogP contribution in [0.15, 0.2) is 23.1 Å². The van der Waals surface area contributed by atoms with Gasteiger partial charge in [-0.2, -0.15) is 0 Å². The molecule has 1 aromatic rings. The van der Waals surface area contributed by atoms with Gasteiger partial charge in [0.2, 0.25) is 10.0 Å². The Hall–Kier alpha value is -0.910. The molecule has 0 spiro atoms. The maximum Gasteiger partial charge on any atom is 0.240 e. The summed E-state index contributed by atoms with van der Waals surface area (Å²) < 4.78 is 27.3. The second kappa shape index (κ2) is 6.24. The van der Waals surface area contributed by atoms with E-state index in [0.717, 1.165) is 24.8 Å². The summed E-state index contributed by atoms with van der Waals surface area (Å²) in [6.07, 6.45) is 4.28. The highest BCUT2D eigenvalue weighted by molar-refractivity contribution is 7.89. The second-order valence-corrected chi connectivity index (χ2v) is 7.51. The first-order valence-corrected chi connectivity index (χ1v) is 8.67. The van der Waals surface area contributed by atoms with Gasteiger partial charge in [-0.1, -0.05) is 19.9 Å². The summed E-state index contributed by atoms with van der Waals surface area (Å²) in [6.45, 7) is 3.58. The predicted octanol–water partition coefficient (Wildman–Crippen LogP) is 1.86. The van der Waals surface area contributed by atoms with Crippen LogP contribution in [0.2, 0.25) is 0 Å². The Labute approximate surface area is 121 Å². The van der Waals surface area contributed by atoms with E-state index in [4.69, 9.17) is 0 Å². The molecule has 4 nitrogen and oxygen atoms in total. The monoisotopic (exact) mass is 297 g/mol. The van der Waals surface area contributed by atoms with Crippen molar-refractivity contribution in [2.45, 2.75) is 50.5 Å². The number of aliphatic hydroxyl groups excluding tert-OH is 1. The third-order valence-electron chi connectivity index (χ3n) is 3.94. The average molecular weight is 297 g/mol. The molecule has 2 rings (SSSR count). The lowest BCUT2D eigenvalue weighted by Gasteiger charge is -2.21.